The number of hydrogen-bond acceptors (Lipinski definition) is 5. The second-order valence-electron chi connectivity index (χ2n) is 7.79. The second-order valence-corrected chi connectivity index (χ2v) is 7.79. The van der Waals surface area contributed by atoms with E-state index in [1.807, 2.05) is 29.2 Å². The minimum absolute atomic E-state index is 0.0156. The van der Waals surface area contributed by atoms with Crippen molar-refractivity contribution >= 4 is 23.3 Å². The van der Waals surface area contributed by atoms with Gasteiger partial charge in [0.2, 0.25) is 5.91 Å². The van der Waals surface area contributed by atoms with Gasteiger partial charge in [-0.3, -0.25) is 9.59 Å². The van der Waals surface area contributed by atoms with Gasteiger partial charge in [0.05, 0.1) is 18.4 Å². The molecule has 2 aromatic rings. The Morgan fingerprint density at radius 1 is 1.21 bits per heavy atom. The molecule has 0 spiro atoms. The average Bonchev–Trinajstić information content (AvgIpc) is 2.67. The van der Waals surface area contributed by atoms with Crippen LogP contribution < -0.4 is 20.3 Å². The summed E-state index contributed by atoms with van der Waals surface area (Å²) >= 11 is 0. The fourth-order valence-corrected chi connectivity index (χ4v) is 2.88. The summed E-state index contributed by atoms with van der Waals surface area (Å²) in [4.78, 5) is 29.8. The van der Waals surface area contributed by atoms with E-state index in [9.17, 15) is 9.59 Å². The molecule has 0 atom stereocenters. The lowest BCUT2D eigenvalue weighted by molar-refractivity contribution is -0.120. The molecule has 0 unspecified atom stereocenters. The lowest BCUT2D eigenvalue weighted by Gasteiger charge is -2.27. The summed E-state index contributed by atoms with van der Waals surface area (Å²) in [6.45, 7) is 7.98. The van der Waals surface area contributed by atoms with E-state index in [2.05, 4.69) is 36.4 Å². The van der Waals surface area contributed by atoms with Crippen LogP contribution in [-0.2, 0) is 15.0 Å². The molecular weight excluding hydrogens is 356 g/mol. The normalized spacial score (nSPS) is 14.4. The fraction of sp³-hybridized carbons (Fsp3) is 0.381. The van der Waals surface area contributed by atoms with Crippen molar-refractivity contribution in [1.29, 1.82) is 0 Å². The predicted molar refractivity (Wildman–Crippen MR) is 109 cm³/mol. The zero-order valence-corrected chi connectivity index (χ0v) is 16.5. The third-order valence-electron chi connectivity index (χ3n) is 4.48. The number of piperazine rings is 1. The van der Waals surface area contributed by atoms with Crippen LogP contribution in [0.4, 0.5) is 11.5 Å². The van der Waals surface area contributed by atoms with Crippen molar-refractivity contribution in [2.45, 2.75) is 26.2 Å². The summed E-state index contributed by atoms with van der Waals surface area (Å²) in [5.74, 6) is 1.09. The largest absolute Gasteiger partial charge is 0.484 e. The van der Waals surface area contributed by atoms with E-state index >= 15 is 0 Å². The molecule has 1 saturated heterocycles. The maximum absolute atomic E-state index is 12.1. The first-order valence-corrected chi connectivity index (χ1v) is 9.32. The van der Waals surface area contributed by atoms with Gasteiger partial charge in [0, 0.05) is 13.1 Å². The molecule has 28 heavy (non-hydrogen) atoms. The molecule has 1 aliphatic rings. The van der Waals surface area contributed by atoms with Crippen LogP contribution >= 0.6 is 0 Å². The molecule has 0 aliphatic carbocycles. The summed E-state index contributed by atoms with van der Waals surface area (Å²) in [7, 11) is 0. The minimum Gasteiger partial charge on any atom is -0.484 e. The first-order chi connectivity index (χ1) is 13.3. The molecule has 2 N–H and O–H groups in total. The Balaban J connectivity index is 1.50. The lowest BCUT2D eigenvalue weighted by Crippen LogP contribution is -2.48. The highest BCUT2D eigenvalue weighted by Crippen LogP contribution is 2.24. The third-order valence-corrected chi connectivity index (χ3v) is 4.48. The van der Waals surface area contributed by atoms with E-state index in [0.29, 0.717) is 36.9 Å². The van der Waals surface area contributed by atoms with Gasteiger partial charge in [0.25, 0.3) is 5.91 Å². The summed E-state index contributed by atoms with van der Waals surface area (Å²) in [6, 6.07) is 11.3. The van der Waals surface area contributed by atoms with E-state index in [0.717, 1.165) is 0 Å². The number of aromatic nitrogens is 1. The molecule has 2 amide bonds. The number of benzene rings is 1. The number of pyridine rings is 1. The van der Waals surface area contributed by atoms with Crippen LogP contribution in [0.15, 0.2) is 42.6 Å². The van der Waals surface area contributed by atoms with Gasteiger partial charge < -0.3 is 20.3 Å². The molecule has 0 bridgehead atoms. The number of carbonyl (C=O) groups is 2. The summed E-state index contributed by atoms with van der Waals surface area (Å²) < 4.78 is 5.55. The molecule has 1 aliphatic heterocycles. The van der Waals surface area contributed by atoms with Gasteiger partial charge in [-0.05, 0) is 35.2 Å². The Morgan fingerprint density at radius 3 is 2.57 bits per heavy atom. The van der Waals surface area contributed by atoms with E-state index < -0.39 is 0 Å². The number of rotatable bonds is 5. The van der Waals surface area contributed by atoms with Crippen molar-refractivity contribution < 1.29 is 14.3 Å². The molecule has 0 radical (unpaired) electrons. The first kappa shape index (κ1) is 19.7. The van der Waals surface area contributed by atoms with Crippen molar-refractivity contribution in [3.05, 3.63) is 48.2 Å². The molecule has 7 nitrogen and oxygen atoms in total. The van der Waals surface area contributed by atoms with Gasteiger partial charge in [-0.15, -0.1) is 0 Å². The highest BCUT2D eigenvalue weighted by Gasteiger charge is 2.17. The van der Waals surface area contributed by atoms with Gasteiger partial charge in [-0.2, -0.15) is 0 Å². The highest BCUT2D eigenvalue weighted by molar-refractivity contribution is 5.91. The van der Waals surface area contributed by atoms with Gasteiger partial charge in [0.1, 0.15) is 11.6 Å². The molecule has 0 saturated carbocycles. The minimum atomic E-state index is -0.258. The van der Waals surface area contributed by atoms with Crippen LogP contribution in [0.25, 0.3) is 0 Å². The van der Waals surface area contributed by atoms with Crippen LogP contribution in [0.5, 0.6) is 5.75 Å². The highest BCUT2D eigenvalue weighted by atomic mass is 16.5. The van der Waals surface area contributed by atoms with Crippen LogP contribution in [0.2, 0.25) is 0 Å². The van der Waals surface area contributed by atoms with Crippen molar-refractivity contribution in [3.63, 3.8) is 0 Å². The third kappa shape index (κ3) is 5.22. The first-order valence-electron chi connectivity index (χ1n) is 9.32. The van der Waals surface area contributed by atoms with Crippen LogP contribution in [0.1, 0.15) is 26.3 Å². The zero-order chi connectivity index (χ0) is 20.1. The molecule has 148 valence electrons. The lowest BCUT2D eigenvalue weighted by atomic mass is 9.87. The predicted octanol–water partition coefficient (Wildman–Crippen LogP) is 2.33. The number of amides is 2. The monoisotopic (exact) mass is 382 g/mol. The molecule has 3 rings (SSSR count). The Bertz CT molecular complexity index is 826. The Kier molecular flexibility index (Phi) is 5.82. The fourth-order valence-electron chi connectivity index (χ4n) is 2.88. The number of nitrogens with one attached hydrogen (secondary N) is 2. The van der Waals surface area contributed by atoms with Crippen molar-refractivity contribution in [1.82, 2.24) is 10.3 Å². The molecule has 2 heterocycles. The molecule has 1 fully saturated rings. The van der Waals surface area contributed by atoms with E-state index in [-0.39, 0.29) is 23.8 Å². The van der Waals surface area contributed by atoms with E-state index in [1.54, 1.807) is 18.3 Å². The topological polar surface area (TPSA) is 83.6 Å². The Morgan fingerprint density at radius 2 is 1.96 bits per heavy atom. The summed E-state index contributed by atoms with van der Waals surface area (Å²) in [5.41, 5.74) is 1.87. The van der Waals surface area contributed by atoms with Crippen molar-refractivity contribution in [3.8, 4) is 5.75 Å². The number of nitrogens with zero attached hydrogens (tertiary/aromatic N) is 2. The van der Waals surface area contributed by atoms with Gasteiger partial charge in [-0.25, -0.2) is 4.98 Å². The zero-order valence-electron chi connectivity index (χ0n) is 16.5. The summed E-state index contributed by atoms with van der Waals surface area (Å²) in [5, 5.41) is 5.54. The van der Waals surface area contributed by atoms with Crippen molar-refractivity contribution in [2.75, 3.05) is 36.5 Å². The number of ether oxygens (including phenoxy) is 1. The SMILES string of the molecule is CC(C)(C)c1ccc(OCC(=O)Nc2ccc(N3CCNC(=O)C3)nc2)cc1. The van der Waals surface area contributed by atoms with Gasteiger partial charge >= 0.3 is 0 Å². The summed E-state index contributed by atoms with van der Waals surface area (Å²) in [6.07, 6.45) is 1.58. The van der Waals surface area contributed by atoms with E-state index in [4.69, 9.17) is 4.74 Å². The molecule has 7 heteroatoms. The second kappa shape index (κ2) is 8.29. The molecule has 1 aromatic carbocycles. The average molecular weight is 382 g/mol. The van der Waals surface area contributed by atoms with Gasteiger partial charge in [-0.1, -0.05) is 32.9 Å². The molecule has 1 aromatic heterocycles. The maximum atomic E-state index is 12.1. The Hall–Kier alpha value is -3.09. The van der Waals surface area contributed by atoms with Crippen molar-refractivity contribution in [2.24, 2.45) is 0 Å². The molecular formula is C21H26N4O3. The number of carbonyl (C=O) groups excluding carboxylic acids is 2. The van der Waals surface area contributed by atoms with Crippen LogP contribution in [0, 0.1) is 0 Å². The number of hydrogen-bond donors (Lipinski definition) is 2. The number of anilines is 2. The smallest absolute Gasteiger partial charge is 0.262 e. The van der Waals surface area contributed by atoms with Crippen LogP contribution in [0.3, 0.4) is 0 Å². The van der Waals surface area contributed by atoms with E-state index in [1.165, 1.54) is 5.56 Å². The Labute approximate surface area is 165 Å². The quantitative estimate of drug-likeness (QED) is 0.829. The van der Waals surface area contributed by atoms with Gasteiger partial charge in [0.15, 0.2) is 6.61 Å². The van der Waals surface area contributed by atoms with Crippen LogP contribution in [-0.4, -0.2) is 43.0 Å². The maximum Gasteiger partial charge on any atom is 0.262 e. The standard InChI is InChI=1S/C21H26N4O3/c1-21(2,3)15-4-7-17(8-5-15)28-14-20(27)24-16-6-9-18(23-12-16)25-11-10-22-19(26)13-25/h4-9,12H,10-11,13-14H2,1-3H3,(H,22,26)(H,24,27).